The summed E-state index contributed by atoms with van der Waals surface area (Å²) in [6.07, 6.45) is 1.73. The van der Waals surface area contributed by atoms with Gasteiger partial charge in [0.25, 0.3) is 5.69 Å². The summed E-state index contributed by atoms with van der Waals surface area (Å²) in [7, 11) is 0. The van der Waals surface area contributed by atoms with Crippen LogP contribution in [-0.2, 0) is 6.54 Å². The van der Waals surface area contributed by atoms with Crippen molar-refractivity contribution >= 4 is 17.6 Å². The van der Waals surface area contributed by atoms with Crippen LogP contribution in [0.3, 0.4) is 0 Å². The molecule has 1 heterocycles. The van der Waals surface area contributed by atoms with Gasteiger partial charge in [0.2, 0.25) is 0 Å². The zero-order valence-electron chi connectivity index (χ0n) is 10.1. The second-order valence-electron chi connectivity index (χ2n) is 4.25. The summed E-state index contributed by atoms with van der Waals surface area (Å²) < 4.78 is 0. The molecule has 94 valence electrons. The van der Waals surface area contributed by atoms with Crippen molar-refractivity contribution in [2.75, 3.05) is 5.01 Å². The van der Waals surface area contributed by atoms with E-state index in [0.717, 1.165) is 11.1 Å². The third-order valence-electron chi connectivity index (χ3n) is 3.07. The van der Waals surface area contributed by atoms with Crippen molar-refractivity contribution in [3.05, 3.63) is 69.8 Å². The van der Waals surface area contributed by atoms with E-state index >= 15 is 0 Å². The van der Waals surface area contributed by atoms with Crippen LogP contribution in [0.15, 0.2) is 53.6 Å². The minimum Gasteiger partial charge on any atom is -0.258 e. The van der Waals surface area contributed by atoms with Crippen LogP contribution in [0.5, 0.6) is 0 Å². The molecular formula is C14H11N3O2. The minimum absolute atomic E-state index is 0.0685. The Labute approximate surface area is 109 Å². The first-order valence-corrected chi connectivity index (χ1v) is 5.88. The van der Waals surface area contributed by atoms with Crippen LogP contribution < -0.4 is 5.01 Å². The predicted molar refractivity (Wildman–Crippen MR) is 73.3 cm³/mol. The Morgan fingerprint density at radius 1 is 1.11 bits per heavy atom. The van der Waals surface area contributed by atoms with E-state index in [1.807, 2.05) is 24.3 Å². The highest BCUT2D eigenvalue weighted by molar-refractivity contribution is 5.84. The highest BCUT2D eigenvalue weighted by Crippen LogP contribution is 2.30. The van der Waals surface area contributed by atoms with Crippen LogP contribution in [0, 0.1) is 10.1 Å². The fourth-order valence-corrected chi connectivity index (χ4v) is 2.12. The Bertz CT molecular complexity index is 667. The van der Waals surface area contributed by atoms with Crippen LogP contribution >= 0.6 is 0 Å². The predicted octanol–water partition coefficient (Wildman–Crippen LogP) is 2.95. The highest BCUT2D eigenvalue weighted by Gasteiger charge is 2.21. The van der Waals surface area contributed by atoms with Gasteiger partial charge >= 0.3 is 0 Å². The third kappa shape index (κ3) is 2.06. The van der Waals surface area contributed by atoms with Crippen LogP contribution in [0.1, 0.15) is 11.1 Å². The highest BCUT2D eigenvalue weighted by atomic mass is 16.6. The molecular weight excluding hydrogens is 242 g/mol. The molecule has 0 saturated carbocycles. The van der Waals surface area contributed by atoms with Crippen molar-refractivity contribution in [3.8, 4) is 0 Å². The molecule has 0 unspecified atom stereocenters. The molecule has 0 fully saturated rings. The number of nitro benzene ring substituents is 1. The van der Waals surface area contributed by atoms with Gasteiger partial charge in [-0.1, -0.05) is 36.4 Å². The van der Waals surface area contributed by atoms with Crippen LogP contribution in [0.2, 0.25) is 0 Å². The van der Waals surface area contributed by atoms with Gasteiger partial charge in [0, 0.05) is 6.07 Å². The van der Waals surface area contributed by atoms with Crippen LogP contribution in [0.4, 0.5) is 11.4 Å². The zero-order valence-corrected chi connectivity index (χ0v) is 10.1. The second-order valence-corrected chi connectivity index (χ2v) is 4.25. The van der Waals surface area contributed by atoms with E-state index in [0.29, 0.717) is 12.2 Å². The van der Waals surface area contributed by atoms with Crippen molar-refractivity contribution in [3.63, 3.8) is 0 Å². The molecule has 1 aliphatic heterocycles. The standard InChI is InChI=1S/C14H11N3O2/c18-17(19)14-8-4-3-7-13(14)16-10-12-6-2-1-5-11(12)9-15-16/h1-9H,10H2. The van der Waals surface area contributed by atoms with Crippen molar-refractivity contribution in [1.82, 2.24) is 0 Å². The molecule has 3 rings (SSSR count). The second kappa shape index (κ2) is 4.53. The number of para-hydroxylation sites is 2. The van der Waals surface area contributed by atoms with E-state index in [4.69, 9.17) is 0 Å². The van der Waals surface area contributed by atoms with Gasteiger partial charge in [0.15, 0.2) is 0 Å². The Morgan fingerprint density at radius 3 is 2.68 bits per heavy atom. The lowest BCUT2D eigenvalue weighted by Crippen LogP contribution is -2.21. The summed E-state index contributed by atoms with van der Waals surface area (Å²) in [5.41, 5.74) is 2.74. The fraction of sp³-hybridized carbons (Fsp3) is 0.0714. The number of hydrazone groups is 1. The monoisotopic (exact) mass is 253 g/mol. The summed E-state index contributed by atoms with van der Waals surface area (Å²) in [5, 5.41) is 17.0. The maximum Gasteiger partial charge on any atom is 0.294 e. The van der Waals surface area contributed by atoms with Crippen molar-refractivity contribution in [2.45, 2.75) is 6.54 Å². The first kappa shape index (κ1) is 11.4. The Balaban J connectivity index is 2.01. The first-order chi connectivity index (χ1) is 9.25. The number of hydrogen-bond acceptors (Lipinski definition) is 4. The molecule has 19 heavy (non-hydrogen) atoms. The van der Waals surface area contributed by atoms with Gasteiger partial charge in [-0.3, -0.25) is 15.1 Å². The van der Waals surface area contributed by atoms with Gasteiger partial charge in [-0.05, 0) is 17.2 Å². The van der Waals surface area contributed by atoms with Gasteiger partial charge in [0.05, 0.1) is 17.7 Å². The van der Waals surface area contributed by atoms with Gasteiger partial charge < -0.3 is 0 Å². The summed E-state index contributed by atoms with van der Waals surface area (Å²) in [5.74, 6) is 0. The molecule has 2 aromatic rings. The molecule has 0 aliphatic carbocycles. The average Bonchev–Trinajstić information content (AvgIpc) is 2.46. The largest absolute Gasteiger partial charge is 0.294 e. The molecule has 0 atom stereocenters. The maximum atomic E-state index is 11.0. The van der Waals surface area contributed by atoms with E-state index in [1.54, 1.807) is 29.4 Å². The molecule has 0 aromatic heterocycles. The summed E-state index contributed by atoms with van der Waals surface area (Å²) in [6.45, 7) is 0.539. The van der Waals surface area contributed by atoms with E-state index in [-0.39, 0.29) is 10.6 Å². The lowest BCUT2D eigenvalue weighted by atomic mass is 10.1. The summed E-state index contributed by atoms with van der Waals surface area (Å²) in [6, 6.07) is 14.5. The minimum atomic E-state index is -0.384. The molecule has 5 nitrogen and oxygen atoms in total. The number of fused-ring (bicyclic) bond motifs is 1. The molecule has 0 N–H and O–H groups in total. The average molecular weight is 253 g/mol. The Hall–Kier alpha value is -2.69. The first-order valence-electron chi connectivity index (χ1n) is 5.88. The maximum absolute atomic E-state index is 11.0. The topological polar surface area (TPSA) is 58.7 Å². The van der Waals surface area contributed by atoms with Gasteiger partial charge in [-0.15, -0.1) is 0 Å². The molecule has 1 aliphatic rings. The zero-order chi connectivity index (χ0) is 13.2. The van der Waals surface area contributed by atoms with Crippen LogP contribution in [0.25, 0.3) is 0 Å². The molecule has 5 heteroatoms. The number of hydrogen-bond donors (Lipinski definition) is 0. The molecule has 0 amide bonds. The van der Waals surface area contributed by atoms with E-state index < -0.39 is 0 Å². The lowest BCUT2D eigenvalue weighted by Gasteiger charge is -2.23. The Morgan fingerprint density at radius 2 is 1.84 bits per heavy atom. The number of benzene rings is 2. The lowest BCUT2D eigenvalue weighted by molar-refractivity contribution is -0.384. The Kier molecular flexibility index (Phi) is 2.72. The number of anilines is 1. The number of nitrogens with zero attached hydrogens (tertiary/aromatic N) is 3. The molecule has 0 radical (unpaired) electrons. The SMILES string of the molecule is O=[N+]([O-])c1ccccc1N1Cc2ccccc2C=N1. The van der Waals surface area contributed by atoms with Gasteiger partial charge in [-0.2, -0.15) is 5.10 Å². The van der Waals surface area contributed by atoms with Crippen molar-refractivity contribution in [2.24, 2.45) is 5.10 Å². The van der Waals surface area contributed by atoms with Crippen molar-refractivity contribution < 1.29 is 4.92 Å². The van der Waals surface area contributed by atoms with E-state index in [9.17, 15) is 10.1 Å². The van der Waals surface area contributed by atoms with E-state index in [1.165, 1.54) is 6.07 Å². The molecule has 0 bridgehead atoms. The van der Waals surface area contributed by atoms with Crippen LogP contribution in [-0.4, -0.2) is 11.1 Å². The molecule has 2 aromatic carbocycles. The molecule has 0 saturated heterocycles. The third-order valence-corrected chi connectivity index (χ3v) is 3.07. The normalized spacial score (nSPS) is 13.2. The van der Waals surface area contributed by atoms with Gasteiger partial charge in [-0.25, -0.2) is 0 Å². The van der Waals surface area contributed by atoms with Crippen molar-refractivity contribution in [1.29, 1.82) is 0 Å². The molecule has 0 spiro atoms. The smallest absolute Gasteiger partial charge is 0.258 e. The quantitative estimate of drug-likeness (QED) is 0.610. The summed E-state index contributed by atoms with van der Waals surface area (Å²) in [4.78, 5) is 10.7. The fourth-order valence-electron chi connectivity index (χ4n) is 2.12. The number of rotatable bonds is 2. The number of nitro groups is 1. The van der Waals surface area contributed by atoms with E-state index in [2.05, 4.69) is 5.10 Å². The summed E-state index contributed by atoms with van der Waals surface area (Å²) >= 11 is 0. The van der Waals surface area contributed by atoms with Gasteiger partial charge in [0.1, 0.15) is 5.69 Å².